The lowest BCUT2D eigenvalue weighted by Crippen LogP contribution is -2.35. The molecule has 5 nitrogen and oxygen atoms in total. The van der Waals surface area contributed by atoms with Crippen LogP contribution >= 0.6 is 0 Å². The summed E-state index contributed by atoms with van der Waals surface area (Å²) in [6.45, 7) is 1.41. The van der Waals surface area contributed by atoms with E-state index in [0.29, 0.717) is 5.69 Å². The first-order valence-corrected chi connectivity index (χ1v) is 5.95. The molecule has 6 heteroatoms. The van der Waals surface area contributed by atoms with Crippen molar-refractivity contribution < 1.29 is 19.1 Å². The first kappa shape index (κ1) is 13.5. The van der Waals surface area contributed by atoms with Crippen molar-refractivity contribution in [2.24, 2.45) is 0 Å². The molecule has 102 valence electrons. The highest BCUT2D eigenvalue weighted by atomic mass is 19.1. The zero-order valence-electron chi connectivity index (χ0n) is 10.4. The fraction of sp³-hybridized carbons (Fsp3) is 0.385. The zero-order valence-corrected chi connectivity index (χ0v) is 10.4. The Bertz CT molecular complexity index is 516. The largest absolute Gasteiger partial charge is 0.380 e. The summed E-state index contributed by atoms with van der Waals surface area (Å²) < 4.78 is 12.9. The molecule has 2 amide bonds. The lowest BCUT2D eigenvalue weighted by atomic mass is 10.0. The maximum Gasteiger partial charge on any atom is 0.251 e. The van der Waals surface area contributed by atoms with Crippen LogP contribution in [0.3, 0.4) is 0 Å². The minimum atomic E-state index is -1.43. The Balaban J connectivity index is 1.91. The number of nitrogens with one attached hydrogen (secondary N) is 2. The van der Waals surface area contributed by atoms with E-state index in [9.17, 15) is 19.1 Å². The summed E-state index contributed by atoms with van der Waals surface area (Å²) in [4.78, 5) is 23.1. The van der Waals surface area contributed by atoms with E-state index in [2.05, 4.69) is 10.6 Å². The van der Waals surface area contributed by atoms with Crippen molar-refractivity contribution in [3.8, 4) is 0 Å². The molecule has 1 saturated heterocycles. The molecule has 2 unspecified atom stereocenters. The SMILES string of the molecule is CC1(O)CC(CC(=O)Nc2cccc(F)c2)NC1=O. The summed E-state index contributed by atoms with van der Waals surface area (Å²) in [5.41, 5.74) is -1.06. The van der Waals surface area contributed by atoms with Gasteiger partial charge in [-0.25, -0.2) is 4.39 Å². The molecule has 1 aliphatic heterocycles. The topological polar surface area (TPSA) is 78.4 Å². The standard InChI is InChI=1S/C13H15FN2O3/c1-13(19)7-10(16-12(13)18)6-11(17)15-9-4-2-3-8(14)5-9/h2-5,10,19H,6-7H2,1H3,(H,15,17)(H,16,18). The van der Waals surface area contributed by atoms with Gasteiger partial charge in [0.2, 0.25) is 5.91 Å². The third kappa shape index (κ3) is 3.29. The molecule has 1 heterocycles. The van der Waals surface area contributed by atoms with Crippen LogP contribution in [-0.4, -0.2) is 28.6 Å². The second-order valence-electron chi connectivity index (χ2n) is 4.91. The van der Waals surface area contributed by atoms with Gasteiger partial charge in [-0.15, -0.1) is 0 Å². The average molecular weight is 266 g/mol. The molecule has 1 aliphatic rings. The van der Waals surface area contributed by atoms with Crippen LogP contribution in [0.2, 0.25) is 0 Å². The summed E-state index contributed by atoms with van der Waals surface area (Å²) in [5, 5.41) is 14.8. The quantitative estimate of drug-likeness (QED) is 0.757. The summed E-state index contributed by atoms with van der Waals surface area (Å²) in [6.07, 6.45) is 0.223. The molecule has 1 aromatic rings. The Morgan fingerprint density at radius 3 is 2.95 bits per heavy atom. The molecule has 1 aromatic carbocycles. The van der Waals surface area contributed by atoms with Crippen LogP contribution < -0.4 is 10.6 Å². The number of anilines is 1. The van der Waals surface area contributed by atoms with Gasteiger partial charge in [0, 0.05) is 24.6 Å². The minimum absolute atomic E-state index is 0.0401. The van der Waals surface area contributed by atoms with Crippen LogP contribution in [0.1, 0.15) is 19.8 Å². The van der Waals surface area contributed by atoms with E-state index in [-0.39, 0.29) is 18.7 Å². The van der Waals surface area contributed by atoms with Crippen molar-refractivity contribution in [2.75, 3.05) is 5.32 Å². The Kier molecular flexibility index (Phi) is 3.53. The average Bonchev–Trinajstić information content (AvgIpc) is 2.51. The molecule has 0 radical (unpaired) electrons. The molecule has 0 aliphatic carbocycles. The van der Waals surface area contributed by atoms with E-state index in [4.69, 9.17) is 0 Å². The van der Waals surface area contributed by atoms with Crippen molar-refractivity contribution in [3.63, 3.8) is 0 Å². The normalized spacial score (nSPS) is 26.1. The van der Waals surface area contributed by atoms with E-state index in [1.807, 2.05) is 0 Å². The van der Waals surface area contributed by atoms with Crippen molar-refractivity contribution >= 4 is 17.5 Å². The van der Waals surface area contributed by atoms with Gasteiger partial charge in [-0.3, -0.25) is 9.59 Å². The van der Waals surface area contributed by atoms with Crippen LogP contribution in [0.15, 0.2) is 24.3 Å². The fourth-order valence-corrected chi connectivity index (χ4v) is 2.09. The van der Waals surface area contributed by atoms with Crippen LogP contribution in [0.5, 0.6) is 0 Å². The number of hydrogen-bond donors (Lipinski definition) is 3. The monoisotopic (exact) mass is 266 g/mol. The van der Waals surface area contributed by atoms with Crippen molar-refractivity contribution in [1.82, 2.24) is 5.32 Å². The number of rotatable bonds is 3. The molecule has 2 atom stereocenters. The lowest BCUT2D eigenvalue weighted by molar-refractivity contribution is -0.133. The maximum absolute atomic E-state index is 12.9. The van der Waals surface area contributed by atoms with E-state index < -0.39 is 23.4 Å². The number of aliphatic hydroxyl groups is 1. The smallest absolute Gasteiger partial charge is 0.251 e. The van der Waals surface area contributed by atoms with E-state index in [1.54, 1.807) is 6.07 Å². The van der Waals surface area contributed by atoms with Crippen molar-refractivity contribution in [3.05, 3.63) is 30.1 Å². The van der Waals surface area contributed by atoms with Crippen molar-refractivity contribution in [2.45, 2.75) is 31.4 Å². The molecule has 1 fully saturated rings. The molecule has 0 saturated carbocycles. The van der Waals surface area contributed by atoms with Gasteiger partial charge < -0.3 is 15.7 Å². The molecule has 19 heavy (non-hydrogen) atoms. The summed E-state index contributed by atoms with van der Waals surface area (Å²) in [6, 6.07) is 5.15. The molecule has 0 bridgehead atoms. The number of carbonyl (C=O) groups excluding carboxylic acids is 2. The highest BCUT2D eigenvalue weighted by Gasteiger charge is 2.41. The fourth-order valence-electron chi connectivity index (χ4n) is 2.09. The number of carbonyl (C=O) groups is 2. The van der Waals surface area contributed by atoms with Gasteiger partial charge in [-0.05, 0) is 25.1 Å². The van der Waals surface area contributed by atoms with Gasteiger partial charge in [0.1, 0.15) is 11.4 Å². The van der Waals surface area contributed by atoms with Gasteiger partial charge in [0.15, 0.2) is 0 Å². The molecule has 0 aromatic heterocycles. The first-order valence-electron chi connectivity index (χ1n) is 5.95. The first-order chi connectivity index (χ1) is 8.87. The summed E-state index contributed by atoms with van der Waals surface area (Å²) in [7, 11) is 0. The van der Waals surface area contributed by atoms with E-state index in [0.717, 1.165) is 0 Å². The summed E-state index contributed by atoms with van der Waals surface area (Å²) in [5.74, 6) is -1.25. The second kappa shape index (κ2) is 4.97. The Morgan fingerprint density at radius 1 is 1.63 bits per heavy atom. The third-order valence-electron chi connectivity index (χ3n) is 3.01. The van der Waals surface area contributed by atoms with Gasteiger partial charge >= 0.3 is 0 Å². The Morgan fingerprint density at radius 2 is 2.37 bits per heavy atom. The zero-order chi connectivity index (χ0) is 14.0. The Hall–Kier alpha value is -1.95. The predicted molar refractivity (Wildman–Crippen MR) is 66.8 cm³/mol. The van der Waals surface area contributed by atoms with Gasteiger partial charge in [0.25, 0.3) is 5.91 Å². The van der Waals surface area contributed by atoms with Crippen LogP contribution in [-0.2, 0) is 9.59 Å². The van der Waals surface area contributed by atoms with Gasteiger partial charge in [0.05, 0.1) is 0 Å². The Labute approximate surface area is 109 Å². The van der Waals surface area contributed by atoms with Crippen LogP contribution in [0.4, 0.5) is 10.1 Å². The highest BCUT2D eigenvalue weighted by Crippen LogP contribution is 2.22. The number of hydrogen-bond acceptors (Lipinski definition) is 3. The maximum atomic E-state index is 12.9. The van der Waals surface area contributed by atoms with Crippen molar-refractivity contribution in [1.29, 1.82) is 0 Å². The summed E-state index contributed by atoms with van der Waals surface area (Å²) >= 11 is 0. The number of amides is 2. The van der Waals surface area contributed by atoms with Crippen LogP contribution in [0.25, 0.3) is 0 Å². The highest BCUT2D eigenvalue weighted by molar-refractivity contribution is 5.93. The second-order valence-corrected chi connectivity index (χ2v) is 4.91. The molecular formula is C13H15FN2O3. The number of benzene rings is 1. The molecule has 2 rings (SSSR count). The van der Waals surface area contributed by atoms with E-state index in [1.165, 1.54) is 25.1 Å². The lowest BCUT2D eigenvalue weighted by Gasteiger charge is -2.12. The molecular weight excluding hydrogens is 251 g/mol. The minimum Gasteiger partial charge on any atom is -0.380 e. The molecule has 3 N–H and O–H groups in total. The molecule has 0 spiro atoms. The van der Waals surface area contributed by atoms with E-state index >= 15 is 0 Å². The third-order valence-corrected chi connectivity index (χ3v) is 3.01. The number of halogens is 1. The van der Waals surface area contributed by atoms with Crippen LogP contribution in [0, 0.1) is 5.82 Å². The van der Waals surface area contributed by atoms with Gasteiger partial charge in [-0.1, -0.05) is 6.07 Å². The van der Waals surface area contributed by atoms with Gasteiger partial charge in [-0.2, -0.15) is 0 Å². The predicted octanol–water partition coefficient (Wildman–Crippen LogP) is 0.794.